The van der Waals surface area contributed by atoms with Crippen LogP contribution in [-0.4, -0.2) is 10.8 Å². The fourth-order valence-corrected chi connectivity index (χ4v) is 2.45. The number of benzene rings is 1. The van der Waals surface area contributed by atoms with Crippen molar-refractivity contribution in [1.29, 1.82) is 0 Å². The topological polar surface area (TPSA) is 72.2 Å². The Kier molecular flexibility index (Phi) is 2.92. The standard InChI is InChI=1S/C14H16N2O3/c1-8-13(15-9(2)17)11-7-10(16(18)19)5-6-12(11)14(8,3)4/h5-7H,1-4H3,(H,15,17). The van der Waals surface area contributed by atoms with Crippen LogP contribution >= 0.6 is 0 Å². The minimum absolute atomic E-state index is 0.0344. The molecule has 1 aromatic rings. The van der Waals surface area contributed by atoms with Crippen LogP contribution in [0.4, 0.5) is 5.69 Å². The van der Waals surface area contributed by atoms with E-state index in [4.69, 9.17) is 0 Å². The summed E-state index contributed by atoms with van der Waals surface area (Å²) in [6, 6.07) is 4.80. The first-order chi connectivity index (χ1) is 8.75. The van der Waals surface area contributed by atoms with E-state index in [0.29, 0.717) is 5.70 Å². The fraction of sp³-hybridized carbons (Fsp3) is 0.357. The molecule has 1 aliphatic rings. The van der Waals surface area contributed by atoms with Crippen molar-refractivity contribution in [3.8, 4) is 0 Å². The zero-order valence-corrected chi connectivity index (χ0v) is 11.4. The summed E-state index contributed by atoms with van der Waals surface area (Å²) in [5, 5.41) is 13.7. The maximum absolute atomic E-state index is 11.3. The van der Waals surface area contributed by atoms with Gasteiger partial charge in [-0.1, -0.05) is 19.9 Å². The zero-order valence-electron chi connectivity index (χ0n) is 11.4. The number of nitro groups is 1. The molecule has 1 amide bonds. The quantitative estimate of drug-likeness (QED) is 0.656. The van der Waals surface area contributed by atoms with Crippen LogP contribution in [0.15, 0.2) is 23.8 Å². The van der Waals surface area contributed by atoms with Crippen molar-refractivity contribution in [1.82, 2.24) is 5.32 Å². The second kappa shape index (κ2) is 4.19. The second-order valence-corrected chi connectivity index (χ2v) is 5.29. The highest BCUT2D eigenvalue weighted by Gasteiger charge is 2.36. The maximum Gasteiger partial charge on any atom is 0.270 e. The molecule has 0 saturated carbocycles. The highest BCUT2D eigenvalue weighted by molar-refractivity contribution is 5.90. The number of allylic oxidation sites excluding steroid dienone is 1. The van der Waals surface area contributed by atoms with Crippen LogP contribution < -0.4 is 5.32 Å². The van der Waals surface area contributed by atoms with Gasteiger partial charge in [0.1, 0.15) is 0 Å². The van der Waals surface area contributed by atoms with Crippen LogP contribution in [0, 0.1) is 10.1 Å². The van der Waals surface area contributed by atoms with Gasteiger partial charge in [-0.05, 0) is 18.1 Å². The molecule has 0 atom stereocenters. The Hall–Kier alpha value is -2.17. The van der Waals surface area contributed by atoms with E-state index in [1.807, 2.05) is 20.8 Å². The largest absolute Gasteiger partial charge is 0.326 e. The predicted octanol–water partition coefficient (Wildman–Crippen LogP) is 2.75. The van der Waals surface area contributed by atoms with Gasteiger partial charge in [-0.25, -0.2) is 0 Å². The second-order valence-electron chi connectivity index (χ2n) is 5.29. The van der Waals surface area contributed by atoms with Gasteiger partial charge in [-0.15, -0.1) is 0 Å². The molecule has 0 heterocycles. The SMILES string of the molecule is CC(=O)NC1=C(C)C(C)(C)c2ccc([N+](=O)[O-])cc21. The number of rotatable bonds is 2. The van der Waals surface area contributed by atoms with Gasteiger partial charge in [0.15, 0.2) is 0 Å². The lowest BCUT2D eigenvalue weighted by Gasteiger charge is -2.21. The van der Waals surface area contributed by atoms with Crippen LogP contribution in [-0.2, 0) is 10.2 Å². The van der Waals surface area contributed by atoms with E-state index < -0.39 is 4.92 Å². The van der Waals surface area contributed by atoms with Crippen LogP contribution in [0.5, 0.6) is 0 Å². The van der Waals surface area contributed by atoms with E-state index >= 15 is 0 Å². The van der Waals surface area contributed by atoms with Crippen molar-refractivity contribution >= 4 is 17.3 Å². The monoisotopic (exact) mass is 260 g/mol. The van der Waals surface area contributed by atoms with Crippen LogP contribution in [0.25, 0.3) is 5.70 Å². The fourth-order valence-electron chi connectivity index (χ4n) is 2.45. The minimum atomic E-state index is -0.424. The molecule has 2 rings (SSSR count). The average Bonchev–Trinajstić information content (AvgIpc) is 2.50. The molecule has 19 heavy (non-hydrogen) atoms. The number of nitrogens with zero attached hydrogens (tertiary/aromatic N) is 1. The van der Waals surface area contributed by atoms with Crippen molar-refractivity contribution in [2.45, 2.75) is 33.1 Å². The first-order valence-corrected chi connectivity index (χ1v) is 6.03. The van der Waals surface area contributed by atoms with Gasteiger partial charge in [0, 0.05) is 35.7 Å². The van der Waals surface area contributed by atoms with Gasteiger partial charge in [-0.2, -0.15) is 0 Å². The molecule has 0 bridgehead atoms. The Morgan fingerprint density at radius 1 is 1.37 bits per heavy atom. The third-order valence-corrected chi connectivity index (χ3v) is 3.77. The number of hydrogen-bond donors (Lipinski definition) is 1. The van der Waals surface area contributed by atoms with Crippen molar-refractivity contribution in [3.05, 3.63) is 45.0 Å². The van der Waals surface area contributed by atoms with E-state index in [1.165, 1.54) is 19.1 Å². The Bertz CT molecular complexity index is 615. The number of hydrogen-bond acceptors (Lipinski definition) is 3. The average molecular weight is 260 g/mol. The smallest absolute Gasteiger partial charge is 0.270 e. The summed E-state index contributed by atoms with van der Waals surface area (Å²) in [5.41, 5.74) is 3.25. The Morgan fingerprint density at radius 2 is 2.00 bits per heavy atom. The number of amides is 1. The minimum Gasteiger partial charge on any atom is -0.326 e. The van der Waals surface area contributed by atoms with Crippen LogP contribution in [0.1, 0.15) is 38.8 Å². The van der Waals surface area contributed by atoms with E-state index in [2.05, 4.69) is 5.32 Å². The van der Waals surface area contributed by atoms with Crippen LogP contribution in [0.2, 0.25) is 0 Å². The number of carbonyl (C=O) groups excluding carboxylic acids is 1. The summed E-state index contributed by atoms with van der Waals surface area (Å²) in [7, 11) is 0. The molecule has 1 aromatic carbocycles. The molecule has 0 spiro atoms. The molecule has 1 aliphatic carbocycles. The van der Waals surface area contributed by atoms with Gasteiger partial charge < -0.3 is 5.32 Å². The number of nitro benzene ring substituents is 1. The lowest BCUT2D eigenvalue weighted by molar-refractivity contribution is -0.384. The van der Waals surface area contributed by atoms with E-state index in [1.54, 1.807) is 6.07 Å². The highest BCUT2D eigenvalue weighted by Crippen LogP contribution is 2.45. The molecule has 0 unspecified atom stereocenters. The molecule has 0 aromatic heterocycles. The summed E-state index contributed by atoms with van der Waals surface area (Å²) >= 11 is 0. The van der Waals surface area contributed by atoms with Crippen molar-refractivity contribution in [2.24, 2.45) is 0 Å². The lowest BCUT2D eigenvalue weighted by Crippen LogP contribution is -2.19. The van der Waals surface area contributed by atoms with Gasteiger partial charge >= 0.3 is 0 Å². The summed E-state index contributed by atoms with van der Waals surface area (Å²) in [6.07, 6.45) is 0. The normalized spacial score (nSPS) is 16.2. The number of non-ortho nitro benzene ring substituents is 1. The molecule has 0 saturated heterocycles. The van der Waals surface area contributed by atoms with Crippen molar-refractivity contribution < 1.29 is 9.72 Å². The van der Waals surface area contributed by atoms with Crippen molar-refractivity contribution in [2.75, 3.05) is 0 Å². The van der Waals surface area contributed by atoms with Gasteiger partial charge in [0.05, 0.1) is 4.92 Å². The summed E-state index contributed by atoms with van der Waals surface area (Å²) in [5.74, 6) is -0.176. The lowest BCUT2D eigenvalue weighted by atomic mass is 9.82. The van der Waals surface area contributed by atoms with E-state index in [0.717, 1.165) is 16.7 Å². The van der Waals surface area contributed by atoms with Crippen molar-refractivity contribution in [3.63, 3.8) is 0 Å². The summed E-state index contributed by atoms with van der Waals surface area (Å²) < 4.78 is 0. The number of nitrogens with one attached hydrogen (secondary N) is 1. The van der Waals surface area contributed by atoms with Gasteiger partial charge in [-0.3, -0.25) is 14.9 Å². The Labute approximate surface area is 111 Å². The first kappa shape index (κ1) is 13.3. The first-order valence-electron chi connectivity index (χ1n) is 6.03. The molecule has 0 aliphatic heterocycles. The predicted molar refractivity (Wildman–Crippen MR) is 72.5 cm³/mol. The molecular weight excluding hydrogens is 244 g/mol. The van der Waals surface area contributed by atoms with Gasteiger partial charge in [0.25, 0.3) is 5.69 Å². The molecule has 100 valence electrons. The van der Waals surface area contributed by atoms with Gasteiger partial charge in [0.2, 0.25) is 5.91 Å². The van der Waals surface area contributed by atoms with Crippen LogP contribution in [0.3, 0.4) is 0 Å². The molecule has 5 heteroatoms. The third-order valence-electron chi connectivity index (χ3n) is 3.77. The number of fused-ring (bicyclic) bond motifs is 1. The van der Waals surface area contributed by atoms with E-state index in [9.17, 15) is 14.9 Å². The molecule has 0 radical (unpaired) electrons. The summed E-state index contributed by atoms with van der Waals surface area (Å²) in [6.45, 7) is 7.46. The molecule has 0 fully saturated rings. The highest BCUT2D eigenvalue weighted by atomic mass is 16.6. The molecular formula is C14H16N2O3. The maximum atomic E-state index is 11.3. The molecule has 1 N–H and O–H groups in total. The molecule has 5 nitrogen and oxygen atoms in total. The Morgan fingerprint density at radius 3 is 2.53 bits per heavy atom. The summed E-state index contributed by atoms with van der Waals surface area (Å²) in [4.78, 5) is 21.8. The van der Waals surface area contributed by atoms with E-state index in [-0.39, 0.29) is 17.0 Å². The zero-order chi connectivity index (χ0) is 14.4. The third kappa shape index (κ3) is 2.01. The number of carbonyl (C=O) groups is 1. The Balaban J connectivity index is 2.64.